The zero-order valence-electron chi connectivity index (χ0n) is 13.2. The molecule has 0 N–H and O–H groups in total. The van der Waals surface area contributed by atoms with E-state index in [1.807, 2.05) is 0 Å². The largest absolute Gasteiger partial charge is 0.370 e. The van der Waals surface area contributed by atoms with E-state index >= 15 is 0 Å². The molecule has 20 heavy (non-hydrogen) atoms. The van der Waals surface area contributed by atoms with Crippen LogP contribution in [0.15, 0.2) is 0 Å². The van der Waals surface area contributed by atoms with E-state index in [0.717, 1.165) is 17.9 Å². The molecule has 1 spiro atoms. The van der Waals surface area contributed by atoms with Gasteiger partial charge in [0.15, 0.2) is 0 Å². The maximum Gasteiger partial charge on any atom is 0.0858 e. The molecule has 3 nitrogen and oxygen atoms in total. The van der Waals surface area contributed by atoms with Gasteiger partial charge in [-0.3, -0.25) is 4.90 Å². The van der Waals surface area contributed by atoms with Gasteiger partial charge in [0, 0.05) is 37.5 Å². The Bertz CT molecular complexity index is 366. The average molecular weight is 278 g/mol. The van der Waals surface area contributed by atoms with E-state index in [2.05, 4.69) is 23.9 Å². The lowest BCUT2D eigenvalue weighted by molar-refractivity contribution is -0.00358. The monoisotopic (exact) mass is 278 g/mol. The van der Waals surface area contributed by atoms with Crippen molar-refractivity contribution < 1.29 is 4.74 Å². The second-order valence-corrected chi connectivity index (χ2v) is 8.01. The molecule has 3 saturated heterocycles. The Hall–Kier alpha value is -0.120. The number of hydrogen-bond donors (Lipinski definition) is 0. The van der Waals surface area contributed by atoms with Crippen LogP contribution >= 0.6 is 0 Å². The predicted octanol–water partition coefficient (Wildman–Crippen LogP) is 2.36. The van der Waals surface area contributed by atoms with E-state index in [-0.39, 0.29) is 5.60 Å². The fourth-order valence-electron chi connectivity index (χ4n) is 5.62. The zero-order valence-corrected chi connectivity index (χ0v) is 13.2. The van der Waals surface area contributed by atoms with Gasteiger partial charge in [-0.05, 0) is 39.8 Å². The van der Waals surface area contributed by atoms with Crippen LogP contribution in [0.2, 0.25) is 0 Å². The minimum atomic E-state index is 0.253. The second kappa shape index (κ2) is 4.96. The van der Waals surface area contributed by atoms with Crippen LogP contribution in [0.3, 0.4) is 0 Å². The van der Waals surface area contributed by atoms with Crippen LogP contribution in [-0.2, 0) is 4.74 Å². The summed E-state index contributed by atoms with van der Waals surface area (Å²) in [6, 6.07) is 0.867. The summed E-state index contributed by atoms with van der Waals surface area (Å²) in [5.74, 6) is 1.60. The SMILES string of the molecule is CN(C)C[C@H]1[C@H]2CN(C3CCCCC3)C[C@]23CC[C@H]1O3. The molecule has 2 bridgehead atoms. The van der Waals surface area contributed by atoms with Crippen LogP contribution in [0.1, 0.15) is 44.9 Å². The molecule has 0 aromatic heterocycles. The molecule has 0 unspecified atom stereocenters. The normalized spacial score (nSPS) is 45.5. The lowest BCUT2D eigenvalue weighted by Gasteiger charge is -2.32. The molecular weight excluding hydrogens is 248 g/mol. The summed E-state index contributed by atoms with van der Waals surface area (Å²) >= 11 is 0. The Morgan fingerprint density at radius 3 is 2.70 bits per heavy atom. The van der Waals surface area contributed by atoms with Gasteiger partial charge in [-0.25, -0.2) is 0 Å². The van der Waals surface area contributed by atoms with E-state index in [0.29, 0.717) is 6.10 Å². The van der Waals surface area contributed by atoms with E-state index in [1.165, 1.54) is 64.6 Å². The van der Waals surface area contributed by atoms with Crippen LogP contribution in [0, 0.1) is 11.8 Å². The van der Waals surface area contributed by atoms with E-state index in [4.69, 9.17) is 4.74 Å². The molecule has 0 aromatic carbocycles. The Kier molecular flexibility index (Phi) is 3.36. The Balaban J connectivity index is 1.49. The van der Waals surface area contributed by atoms with Crippen LogP contribution in [0.25, 0.3) is 0 Å². The van der Waals surface area contributed by atoms with E-state index in [9.17, 15) is 0 Å². The molecule has 114 valence electrons. The van der Waals surface area contributed by atoms with Gasteiger partial charge in [-0.15, -0.1) is 0 Å². The molecule has 0 amide bonds. The first-order chi connectivity index (χ1) is 9.68. The number of rotatable bonds is 3. The van der Waals surface area contributed by atoms with Gasteiger partial charge >= 0.3 is 0 Å². The lowest BCUT2D eigenvalue weighted by atomic mass is 9.73. The molecule has 0 aromatic rings. The standard InChI is InChI=1S/C17H30N2O/c1-18(2)10-14-15-11-19(13-6-4-3-5-7-13)12-17(15)9-8-16(14)20-17/h13-16H,3-12H2,1-2H3/t14-,15+,16+,17+/m0/s1. The van der Waals surface area contributed by atoms with Gasteiger partial charge in [0.2, 0.25) is 0 Å². The van der Waals surface area contributed by atoms with Gasteiger partial charge in [-0.1, -0.05) is 19.3 Å². The van der Waals surface area contributed by atoms with E-state index in [1.54, 1.807) is 0 Å². The first-order valence-electron chi connectivity index (χ1n) is 8.74. The van der Waals surface area contributed by atoms with Crippen molar-refractivity contribution in [3.63, 3.8) is 0 Å². The van der Waals surface area contributed by atoms with Crippen LogP contribution in [0.5, 0.6) is 0 Å². The highest BCUT2D eigenvalue weighted by Gasteiger charge is 2.63. The molecule has 4 atom stereocenters. The molecule has 3 aliphatic heterocycles. The molecule has 4 rings (SSSR count). The lowest BCUT2D eigenvalue weighted by Crippen LogP contribution is -2.40. The third kappa shape index (κ3) is 2.05. The topological polar surface area (TPSA) is 15.7 Å². The quantitative estimate of drug-likeness (QED) is 0.788. The average Bonchev–Trinajstić information content (AvgIpc) is 3.09. The smallest absolute Gasteiger partial charge is 0.0858 e. The summed E-state index contributed by atoms with van der Waals surface area (Å²) in [6.45, 7) is 3.78. The number of fused-ring (bicyclic) bond motifs is 1. The van der Waals surface area contributed by atoms with Gasteiger partial charge in [0.05, 0.1) is 11.7 Å². The van der Waals surface area contributed by atoms with Crippen LogP contribution in [-0.4, -0.2) is 61.3 Å². The van der Waals surface area contributed by atoms with Gasteiger partial charge in [0.25, 0.3) is 0 Å². The van der Waals surface area contributed by atoms with Crippen molar-refractivity contribution in [3.8, 4) is 0 Å². The summed E-state index contributed by atoms with van der Waals surface area (Å²) in [4.78, 5) is 5.18. The Morgan fingerprint density at radius 1 is 1.15 bits per heavy atom. The molecule has 1 aliphatic carbocycles. The number of hydrogen-bond acceptors (Lipinski definition) is 3. The third-order valence-electron chi connectivity index (χ3n) is 6.48. The van der Waals surface area contributed by atoms with Crippen molar-refractivity contribution in [1.29, 1.82) is 0 Å². The van der Waals surface area contributed by atoms with Crippen molar-refractivity contribution in [2.45, 2.75) is 62.7 Å². The van der Waals surface area contributed by atoms with Crippen molar-refractivity contribution in [2.75, 3.05) is 33.7 Å². The van der Waals surface area contributed by atoms with Crippen molar-refractivity contribution in [2.24, 2.45) is 11.8 Å². The summed E-state index contributed by atoms with van der Waals surface area (Å²) in [5.41, 5.74) is 0.253. The first kappa shape index (κ1) is 13.5. The molecule has 1 saturated carbocycles. The Labute approximate surface area is 123 Å². The highest BCUT2D eigenvalue weighted by molar-refractivity contribution is 5.13. The fourth-order valence-corrected chi connectivity index (χ4v) is 5.62. The van der Waals surface area contributed by atoms with Crippen molar-refractivity contribution in [3.05, 3.63) is 0 Å². The number of likely N-dealkylation sites (tertiary alicyclic amines) is 1. The number of ether oxygens (including phenoxy) is 1. The highest BCUT2D eigenvalue weighted by Crippen LogP contribution is 2.55. The molecule has 3 heterocycles. The fraction of sp³-hybridized carbons (Fsp3) is 1.00. The number of nitrogens with zero attached hydrogens (tertiary/aromatic N) is 2. The maximum absolute atomic E-state index is 6.55. The zero-order chi connectivity index (χ0) is 13.7. The summed E-state index contributed by atoms with van der Waals surface area (Å²) in [7, 11) is 4.43. The summed E-state index contributed by atoms with van der Waals surface area (Å²) in [5, 5.41) is 0. The molecule has 4 aliphatic rings. The second-order valence-electron chi connectivity index (χ2n) is 8.01. The van der Waals surface area contributed by atoms with Crippen LogP contribution < -0.4 is 0 Å². The molecule has 0 radical (unpaired) electrons. The minimum absolute atomic E-state index is 0.253. The molecular formula is C17H30N2O. The molecule has 3 heteroatoms. The first-order valence-corrected chi connectivity index (χ1v) is 8.74. The highest BCUT2D eigenvalue weighted by atomic mass is 16.5. The minimum Gasteiger partial charge on any atom is -0.370 e. The van der Waals surface area contributed by atoms with Crippen molar-refractivity contribution >= 4 is 0 Å². The van der Waals surface area contributed by atoms with Crippen molar-refractivity contribution in [1.82, 2.24) is 9.80 Å². The summed E-state index contributed by atoms with van der Waals surface area (Å²) in [6.07, 6.45) is 10.4. The molecule has 4 fully saturated rings. The Morgan fingerprint density at radius 2 is 1.95 bits per heavy atom. The predicted molar refractivity (Wildman–Crippen MR) is 80.8 cm³/mol. The third-order valence-corrected chi connectivity index (χ3v) is 6.48. The van der Waals surface area contributed by atoms with Gasteiger partial charge in [-0.2, -0.15) is 0 Å². The van der Waals surface area contributed by atoms with Gasteiger partial charge < -0.3 is 9.64 Å². The van der Waals surface area contributed by atoms with E-state index < -0.39 is 0 Å². The maximum atomic E-state index is 6.55. The summed E-state index contributed by atoms with van der Waals surface area (Å²) < 4.78 is 6.55. The van der Waals surface area contributed by atoms with Gasteiger partial charge in [0.1, 0.15) is 0 Å². The van der Waals surface area contributed by atoms with Crippen LogP contribution in [0.4, 0.5) is 0 Å².